The Balaban J connectivity index is 3.37. The van der Waals surface area contributed by atoms with E-state index >= 15 is 0 Å². The molecule has 1 aromatic rings. The fraction of sp³-hybridized carbons (Fsp3) is 0.385. The van der Waals surface area contributed by atoms with Crippen molar-refractivity contribution in [1.82, 2.24) is 0 Å². The number of hydrogen-bond acceptors (Lipinski definition) is 6. The van der Waals surface area contributed by atoms with Gasteiger partial charge in [-0.2, -0.15) is 5.26 Å². The topological polar surface area (TPSA) is 77.8 Å². The van der Waals surface area contributed by atoms with Gasteiger partial charge in [0.25, 0.3) is 0 Å². The predicted octanol–water partition coefficient (Wildman–Crippen LogP) is 1.49. The van der Waals surface area contributed by atoms with Crippen LogP contribution in [0.1, 0.15) is 11.5 Å². The van der Waals surface area contributed by atoms with Crippen LogP contribution in [-0.4, -0.2) is 34.4 Å². The summed E-state index contributed by atoms with van der Waals surface area (Å²) < 4.78 is 20.1. The Kier molecular flexibility index (Phi) is 5.01. The van der Waals surface area contributed by atoms with Crippen LogP contribution in [0.2, 0.25) is 0 Å². The van der Waals surface area contributed by atoms with Crippen LogP contribution in [0, 0.1) is 11.3 Å². The molecular formula is C13H15NO5. The summed E-state index contributed by atoms with van der Waals surface area (Å²) in [5.74, 6) is -0.534. The molecule has 0 fully saturated rings. The lowest BCUT2D eigenvalue weighted by Crippen LogP contribution is -2.13. The van der Waals surface area contributed by atoms with Gasteiger partial charge in [-0.1, -0.05) is 0 Å². The number of ether oxygens (including phenoxy) is 4. The van der Waals surface area contributed by atoms with Crippen LogP contribution in [0.3, 0.4) is 0 Å². The van der Waals surface area contributed by atoms with Crippen molar-refractivity contribution in [2.75, 3.05) is 28.4 Å². The molecule has 0 amide bonds. The van der Waals surface area contributed by atoms with Gasteiger partial charge in [0.2, 0.25) is 5.75 Å². The van der Waals surface area contributed by atoms with E-state index in [-0.39, 0.29) is 0 Å². The maximum Gasteiger partial charge on any atom is 0.327 e. The first-order valence-corrected chi connectivity index (χ1v) is 5.40. The molecule has 1 unspecified atom stereocenters. The molecule has 1 atom stereocenters. The third-order valence-corrected chi connectivity index (χ3v) is 2.59. The SMILES string of the molecule is COC(=O)C(C#N)c1cc(OC)c(OC)c(OC)c1. The molecule has 0 aliphatic carbocycles. The minimum atomic E-state index is -1.04. The molecular weight excluding hydrogens is 250 g/mol. The summed E-state index contributed by atoms with van der Waals surface area (Å²) in [5, 5.41) is 9.07. The summed E-state index contributed by atoms with van der Waals surface area (Å²) in [7, 11) is 5.62. The minimum absolute atomic E-state index is 0.376. The number of carbonyl (C=O) groups is 1. The van der Waals surface area contributed by atoms with Crippen molar-refractivity contribution < 1.29 is 23.7 Å². The average Bonchev–Trinajstić information content (AvgIpc) is 2.46. The molecule has 0 radical (unpaired) electrons. The molecule has 0 spiro atoms. The van der Waals surface area contributed by atoms with Gasteiger partial charge in [-0.05, 0) is 17.7 Å². The van der Waals surface area contributed by atoms with Crippen LogP contribution >= 0.6 is 0 Å². The van der Waals surface area contributed by atoms with E-state index < -0.39 is 11.9 Å². The van der Waals surface area contributed by atoms with E-state index in [1.54, 1.807) is 12.1 Å². The van der Waals surface area contributed by atoms with Gasteiger partial charge in [-0.15, -0.1) is 0 Å². The zero-order valence-electron chi connectivity index (χ0n) is 11.2. The number of benzene rings is 1. The third-order valence-electron chi connectivity index (χ3n) is 2.59. The first-order chi connectivity index (χ1) is 9.12. The van der Waals surface area contributed by atoms with Crippen molar-refractivity contribution in [1.29, 1.82) is 5.26 Å². The van der Waals surface area contributed by atoms with Crippen LogP contribution < -0.4 is 14.2 Å². The van der Waals surface area contributed by atoms with Crippen LogP contribution in [0.4, 0.5) is 0 Å². The third kappa shape index (κ3) is 2.88. The molecule has 0 heterocycles. The molecule has 0 N–H and O–H groups in total. The lowest BCUT2D eigenvalue weighted by Gasteiger charge is -2.15. The van der Waals surface area contributed by atoms with E-state index in [0.29, 0.717) is 22.8 Å². The Hall–Kier alpha value is -2.42. The molecule has 0 bridgehead atoms. The summed E-state index contributed by atoms with van der Waals surface area (Å²) in [5.41, 5.74) is 0.420. The van der Waals surface area contributed by atoms with Gasteiger partial charge in [0, 0.05) is 0 Å². The van der Waals surface area contributed by atoms with Gasteiger partial charge < -0.3 is 18.9 Å². The average molecular weight is 265 g/mol. The molecule has 0 aromatic heterocycles. The molecule has 0 aliphatic heterocycles. The Labute approximate surface area is 111 Å². The van der Waals surface area contributed by atoms with E-state index in [0.717, 1.165) is 0 Å². The predicted molar refractivity (Wildman–Crippen MR) is 66.5 cm³/mol. The Bertz CT molecular complexity index is 481. The summed E-state index contributed by atoms with van der Waals surface area (Å²) in [6.45, 7) is 0. The highest BCUT2D eigenvalue weighted by Gasteiger charge is 2.24. The second-order valence-electron chi connectivity index (χ2n) is 3.54. The Morgan fingerprint density at radius 2 is 1.63 bits per heavy atom. The second-order valence-corrected chi connectivity index (χ2v) is 3.54. The molecule has 6 heteroatoms. The van der Waals surface area contributed by atoms with Crippen molar-refractivity contribution in [3.05, 3.63) is 17.7 Å². The van der Waals surface area contributed by atoms with Crippen LogP contribution in [0.5, 0.6) is 17.2 Å². The highest BCUT2D eigenvalue weighted by molar-refractivity contribution is 5.82. The fourth-order valence-corrected chi connectivity index (χ4v) is 1.65. The Morgan fingerprint density at radius 3 is 1.95 bits per heavy atom. The van der Waals surface area contributed by atoms with Gasteiger partial charge in [-0.3, -0.25) is 4.79 Å². The normalized spacial score (nSPS) is 11.1. The summed E-state index contributed by atoms with van der Waals surface area (Å²) in [6, 6.07) is 4.98. The highest BCUT2D eigenvalue weighted by Crippen LogP contribution is 2.40. The van der Waals surface area contributed by atoms with Gasteiger partial charge >= 0.3 is 5.97 Å². The fourth-order valence-electron chi connectivity index (χ4n) is 1.65. The monoisotopic (exact) mass is 265 g/mol. The number of rotatable bonds is 5. The zero-order chi connectivity index (χ0) is 14.4. The van der Waals surface area contributed by atoms with E-state index in [1.165, 1.54) is 28.4 Å². The smallest absolute Gasteiger partial charge is 0.327 e. The molecule has 0 saturated carbocycles. The lowest BCUT2D eigenvalue weighted by molar-refractivity contribution is -0.140. The van der Waals surface area contributed by atoms with E-state index in [9.17, 15) is 4.79 Å². The van der Waals surface area contributed by atoms with Gasteiger partial charge in [0.15, 0.2) is 17.4 Å². The van der Waals surface area contributed by atoms with Crippen molar-refractivity contribution in [2.45, 2.75) is 5.92 Å². The first kappa shape index (κ1) is 14.6. The largest absolute Gasteiger partial charge is 0.493 e. The zero-order valence-corrected chi connectivity index (χ0v) is 11.2. The number of nitrogens with zero attached hydrogens (tertiary/aromatic N) is 1. The van der Waals surface area contributed by atoms with Gasteiger partial charge in [0.1, 0.15) is 0 Å². The number of hydrogen-bond donors (Lipinski definition) is 0. The van der Waals surface area contributed by atoms with Gasteiger partial charge in [0.05, 0.1) is 34.5 Å². The molecule has 102 valence electrons. The second kappa shape index (κ2) is 6.50. The lowest BCUT2D eigenvalue weighted by atomic mass is 10.00. The van der Waals surface area contributed by atoms with E-state index in [4.69, 9.17) is 19.5 Å². The van der Waals surface area contributed by atoms with Crippen LogP contribution in [-0.2, 0) is 9.53 Å². The van der Waals surface area contributed by atoms with E-state index in [2.05, 4.69) is 4.74 Å². The Morgan fingerprint density at radius 1 is 1.11 bits per heavy atom. The van der Waals surface area contributed by atoms with Crippen molar-refractivity contribution in [2.24, 2.45) is 0 Å². The van der Waals surface area contributed by atoms with Crippen molar-refractivity contribution in [3.8, 4) is 23.3 Å². The summed E-state index contributed by atoms with van der Waals surface area (Å²) in [4.78, 5) is 11.5. The number of esters is 1. The maximum atomic E-state index is 11.5. The molecule has 1 aromatic carbocycles. The van der Waals surface area contributed by atoms with Crippen LogP contribution in [0.15, 0.2) is 12.1 Å². The quantitative estimate of drug-likeness (QED) is 0.751. The van der Waals surface area contributed by atoms with Gasteiger partial charge in [-0.25, -0.2) is 0 Å². The van der Waals surface area contributed by atoms with E-state index in [1.807, 2.05) is 6.07 Å². The highest BCUT2D eigenvalue weighted by atomic mass is 16.5. The molecule has 0 saturated heterocycles. The standard InChI is InChI=1S/C13H15NO5/c1-16-10-5-8(9(7-14)13(15)19-4)6-11(17-2)12(10)18-3/h5-6,9H,1-4H3. The minimum Gasteiger partial charge on any atom is -0.493 e. The number of nitriles is 1. The maximum absolute atomic E-state index is 11.5. The summed E-state index contributed by atoms with van der Waals surface area (Å²) >= 11 is 0. The molecule has 1 rings (SSSR count). The summed E-state index contributed by atoms with van der Waals surface area (Å²) in [6.07, 6.45) is 0. The number of methoxy groups -OCH3 is 4. The van der Waals surface area contributed by atoms with Crippen LogP contribution in [0.25, 0.3) is 0 Å². The van der Waals surface area contributed by atoms with Crippen molar-refractivity contribution >= 4 is 5.97 Å². The number of carbonyl (C=O) groups excluding carboxylic acids is 1. The molecule has 19 heavy (non-hydrogen) atoms. The first-order valence-electron chi connectivity index (χ1n) is 5.40. The molecule has 6 nitrogen and oxygen atoms in total. The van der Waals surface area contributed by atoms with Crippen molar-refractivity contribution in [3.63, 3.8) is 0 Å². The molecule has 0 aliphatic rings.